The summed E-state index contributed by atoms with van der Waals surface area (Å²) in [6.45, 7) is 1.88. The van der Waals surface area contributed by atoms with Crippen LogP contribution in [-0.4, -0.2) is 25.7 Å². The summed E-state index contributed by atoms with van der Waals surface area (Å²) in [5.74, 6) is 0.518. The second kappa shape index (κ2) is 4.80. The molecule has 1 atom stereocenters. The van der Waals surface area contributed by atoms with Gasteiger partial charge in [-0.2, -0.15) is 5.10 Å². The van der Waals surface area contributed by atoms with Gasteiger partial charge in [0.1, 0.15) is 5.82 Å². The first-order valence-electron chi connectivity index (χ1n) is 6.38. The van der Waals surface area contributed by atoms with Gasteiger partial charge in [-0.15, -0.1) is 0 Å². The summed E-state index contributed by atoms with van der Waals surface area (Å²) in [7, 11) is 1.83. The van der Waals surface area contributed by atoms with E-state index in [1.54, 1.807) is 17.1 Å². The normalized spacial score (nSPS) is 12.5. The number of hydrogen-bond donors (Lipinski definition) is 2. The molecule has 3 aromatic rings. The number of aryl methyl sites for hydroxylation is 1. The van der Waals surface area contributed by atoms with Gasteiger partial charge in [0, 0.05) is 24.8 Å². The molecule has 0 aliphatic heterocycles. The predicted octanol–water partition coefficient (Wildman–Crippen LogP) is 1.79. The number of carbonyl (C=O) groups is 1. The second-order valence-electron chi connectivity index (χ2n) is 4.66. The van der Waals surface area contributed by atoms with Crippen molar-refractivity contribution in [1.82, 2.24) is 25.1 Å². The van der Waals surface area contributed by atoms with Crippen LogP contribution in [0.25, 0.3) is 10.9 Å². The van der Waals surface area contributed by atoms with Crippen LogP contribution in [0.4, 0.5) is 0 Å². The molecule has 0 saturated heterocycles. The number of fused-ring (bicyclic) bond motifs is 1. The van der Waals surface area contributed by atoms with Crippen LogP contribution in [0.15, 0.2) is 36.7 Å². The molecule has 0 saturated carbocycles. The summed E-state index contributed by atoms with van der Waals surface area (Å²) in [6, 6.07) is 7.47. The van der Waals surface area contributed by atoms with E-state index in [4.69, 9.17) is 0 Å². The molecular formula is C14H15N5O. The van der Waals surface area contributed by atoms with E-state index in [9.17, 15) is 4.79 Å². The van der Waals surface area contributed by atoms with E-state index in [1.165, 1.54) is 0 Å². The molecule has 2 heterocycles. The Morgan fingerprint density at radius 2 is 2.20 bits per heavy atom. The maximum atomic E-state index is 12.3. The number of hydrogen-bond acceptors (Lipinski definition) is 3. The third-order valence-electron chi connectivity index (χ3n) is 3.25. The number of aromatic nitrogens is 4. The smallest absolute Gasteiger partial charge is 0.273 e. The molecule has 6 nitrogen and oxygen atoms in total. The molecule has 0 aliphatic rings. The van der Waals surface area contributed by atoms with Gasteiger partial charge in [-0.25, -0.2) is 4.98 Å². The number of rotatable bonds is 3. The van der Waals surface area contributed by atoms with Gasteiger partial charge in [0.05, 0.1) is 11.6 Å². The molecule has 2 N–H and O–H groups in total. The van der Waals surface area contributed by atoms with Gasteiger partial charge in [0.25, 0.3) is 5.91 Å². The quantitative estimate of drug-likeness (QED) is 0.761. The zero-order chi connectivity index (χ0) is 14.1. The predicted molar refractivity (Wildman–Crippen MR) is 75.2 cm³/mol. The van der Waals surface area contributed by atoms with E-state index >= 15 is 0 Å². The third kappa shape index (κ3) is 2.05. The van der Waals surface area contributed by atoms with Crippen molar-refractivity contribution < 1.29 is 4.79 Å². The number of benzene rings is 1. The molecule has 1 amide bonds. The van der Waals surface area contributed by atoms with Gasteiger partial charge < -0.3 is 10.3 Å². The number of nitrogens with one attached hydrogen (secondary N) is 2. The second-order valence-corrected chi connectivity index (χ2v) is 4.66. The average molecular weight is 269 g/mol. The number of aromatic amines is 1. The third-order valence-corrected chi connectivity index (χ3v) is 3.25. The zero-order valence-corrected chi connectivity index (χ0v) is 11.3. The van der Waals surface area contributed by atoms with Gasteiger partial charge in [-0.1, -0.05) is 18.2 Å². The van der Waals surface area contributed by atoms with Crippen LogP contribution in [-0.2, 0) is 7.05 Å². The summed E-state index contributed by atoms with van der Waals surface area (Å²) in [5, 5.41) is 8.04. The zero-order valence-electron chi connectivity index (χ0n) is 11.3. The summed E-state index contributed by atoms with van der Waals surface area (Å²) in [5.41, 5.74) is 1.37. The van der Waals surface area contributed by atoms with E-state index < -0.39 is 0 Å². The van der Waals surface area contributed by atoms with E-state index in [1.807, 2.05) is 38.2 Å². The molecule has 0 aliphatic carbocycles. The molecule has 20 heavy (non-hydrogen) atoms. The first-order chi connectivity index (χ1) is 9.66. The Labute approximate surface area is 115 Å². The van der Waals surface area contributed by atoms with Crippen molar-refractivity contribution in [1.29, 1.82) is 0 Å². The fraction of sp³-hybridized carbons (Fsp3) is 0.214. The van der Waals surface area contributed by atoms with Crippen molar-refractivity contribution in [3.05, 3.63) is 48.2 Å². The van der Waals surface area contributed by atoms with Crippen LogP contribution in [0.1, 0.15) is 29.3 Å². The summed E-state index contributed by atoms with van der Waals surface area (Å²) in [4.78, 5) is 19.5. The minimum absolute atomic E-state index is 0.196. The molecule has 0 fully saturated rings. The Bertz CT molecular complexity index is 744. The van der Waals surface area contributed by atoms with Crippen LogP contribution in [0.2, 0.25) is 0 Å². The number of nitrogens with zero attached hydrogens (tertiary/aromatic N) is 3. The van der Waals surface area contributed by atoms with Crippen molar-refractivity contribution in [3.8, 4) is 0 Å². The van der Waals surface area contributed by atoms with Crippen molar-refractivity contribution in [3.63, 3.8) is 0 Å². The molecule has 3 rings (SSSR count). The van der Waals surface area contributed by atoms with Gasteiger partial charge in [-0.05, 0) is 13.0 Å². The first-order valence-corrected chi connectivity index (χ1v) is 6.38. The molecule has 102 valence electrons. The van der Waals surface area contributed by atoms with Gasteiger partial charge in [0.2, 0.25) is 0 Å². The lowest BCUT2D eigenvalue weighted by Crippen LogP contribution is -2.28. The Kier molecular flexibility index (Phi) is 2.98. The lowest BCUT2D eigenvalue weighted by Gasteiger charge is -2.10. The molecule has 1 aromatic carbocycles. The molecule has 1 unspecified atom stereocenters. The maximum absolute atomic E-state index is 12.3. The molecule has 0 bridgehead atoms. The number of H-pyrrole nitrogens is 1. The van der Waals surface area contributed by atoms with Crippen LogP contribution in [0, 0.1) is 0 Å². The van der Waals surface area contributed by atoms with E-state index in [0.717, 1.165) is 16.7 Å². The van der Waals surface area contributed by atoms with E-state index in [-0.39, 0.29) is 11.9 Å². The van der Waals surface area contributed by atoms with Crippen molar-refractivity contribution in [2.45, 2.75) is 13.0 Å². The lowest BCUT2D eigenvalue weighted by atomic mass is 10.2. The highest BCUT2D eigenvalue weighted by Gasteiger charge is 2.18. The highest BCUT2D eigenvalue weighted by Crippen LogP contribution is 2.18. The highest BCUT2D eigenvalue weighted by molar-refractivity contribution is 6.04. The topological polar surface area (TPSA) is 75.6 Å². The number of imidazole rings is 1. The standard InChI is InChI=1S/C14H15N5O/c1-9(13-15-7-8-16-13)17-14(20)12-10-5-3-4-6-11(10)19(2)18-12/h3-9H,1-2H3,(H,15,16)(H,17,20). The molecule has 2 aromatic heterocycles. The SMILES string of the molecule is CC(NC(=O)c1nn(C)c2ccccc12)c1ncc[nH]1. The maximum Gasteiger partial charge on any atom is 0.273 e. The highest BCUT2D eigenvalue weighted by atomic mass is 16.2. The Balaban J connectivity index is 1.90. The minimum Gasteiger partial charge on any atom is -0.347 e. The lowest BCUT2D eigenvalue weighted by molar-refractivity contribution is 0.0934. The fourth-order valence-corrected chi connectivity index (χ4v) is 2.23. The first kappa shape index (κ1) is 12.4. The van der Waals surface area contributed by atoms with Crippen molar-refractivity contribution >= 4 is 16.8 Å². The van der Waals surface area contributed by atoms with Crippen LogP contribution < -0.4 is 5.32 Å². The number of carbonyl (C=O) groups excluding carboxylic acids is 1. The summed E-state index contributed by atoms with van der Waals surface area (Å²) in [6.07, 6.45) is 3.39. The van der Waals surface area contributed by atoms with Crippen LogP contribution in [0.5, 0.6) is 0 Å². The van der Waals surface area contributed by atoms with Gasteiger partial charge in [-0.3, -0.25) is 9.48 Å². The molecular weight excluding hydrogens is 254 g/mol. The summed E-state index contributed by atoms with van der Waals surface area (Å²) < 4.78 is 1.71. The van der Waals surface area contributed by atoms with Crippen molar-refractivity contribution in [2.24, 2.45) is 7.05 Å². The van der Waals surface area contributed by atoms with E-state index in [0.29, 0.717) is 5.69 Å². The van der Waals surface area contributed by atoms with Crippen molar-refractivity contribution in [2.75, 3.05) is 0 Å². The van der Waals surface area contributed by atoms with Gasteiger partial charge in [0.15, 0.2) is 5.69 Å². The Morgan fingerprint density at radius 3 is 2.95 bits per heavy atom. The molecule has 0 radical (unpaired) electrons. The number of para-hydroxylation sites is 1. The monoisotopic (exact) mass is 269 g/mol. The molecule has 0 spiro atoms. The van der Waals surface area contributed by atoms with Gasteiger partial charge >= 0.3 is 0 Å². The summed E-state index contributed by atoms with van der Waals surface area (Å²) >= 11 is 0. The minimum atomic E-state index is -0.203. The Morgan fingerprint density at radius 1 is 1.40 bits per heavy atom. The Hall–Kier alpha value is -2.63. The van der Waals surface area contributed by atoms with E-state index in [2.05, 4.69) is 20.4 Å². The number of amides is 1. The van der Waals surface area contributed by atoms with Crippen LogP contribution in [0.3, 0.4) is 0 Å². The molecule has 6 heteroatoms. The fourth-order valence-electron chi connectivity index (χ4n) is 2.23. The largest absolute Gasteiger partial charge is 0.347 e. The average Bonchev–Trinajstić information content (AvgIpc) is 3.07. The van der Waals surface area contributed by atoms with Crippen LogP contribution >= 0.6 is 0 Å².